The largest absolute Gasteiger partial charge is 0.459 e. The van der Waals surface area contributed by atoms with Crippen molar-refractivity contribution in [3.63, 3.8) is 0 Å². The lowest BCUT2D eigenvalue weighted by atomic mass is 10.1. The van der Waals surface area contributed by atoms with Crippen molar-refractivity contribution in [2.75, 3.05) is 6.54 Å². The quantitative estimate of drug-likeness (QED) is 0.251. The van der Waals surface area contributed by atoms with Gasteiger partial charge in [0.1, 0.15) is 18.7 Å². The fraction of sp³-hybridized carbons (Fsp3) is 0.545. The topological polar surface area (TPSA) is 96.5 Å². The lowest BCUT2D eigenvalue weighted by Gasteiger charge is -2.19. The van der Waals surface area contributed by atoms with Crippen molar-refractivity contribution in [3.8, 4) is 0 Å². The van der Waals surface area contributed by atoms with Gasteiger partial charge in [0, 0.05) is 6.54 Å². The van der Waals surface area contributed by atoms with Crippen molar-refractivity contribution in [1.29, 1.82) is 0 Å². The highest BCUT2D eigenvalue weighted by molar-refractivity contribution is 5.87. The molecule has 160 valence electrons. The number of ether oxygens (including phenoxy) is 1. The van der Waals surface area contributed by atoms with E-state index in [0.717, 1.165) is 18.4 Å². The number of nitrogens with one attached hydrogen (secondary N) is 3. The molecule has 0 aromatic heterocycles. The van der Waals surface area contributed by atoms with Crippen molar-refractivity contribution in [2.45, 2.75) is 71.6 Å². The Bertz CT molecular complexity index is 672. The molecule has 1 amide bonds. The Morgan fingerprint density at radius 1 is 1.00 bits per heavy atom. The minimum Gasteiger partial charge on any atom is -0.459 e. The summed E-state index contributed by atoms with van der Waals surface area (Å²) < 4.78 is 5.21. The second-order valence-corrected chi connectivity index (χ2v) is 7.01. The molecule has 0 saturated heterocycles. The van der Waals surface area contributed by atoms with Crippen LogP contribution in [0.25, 0.3) is 0 Å². The molecule has 0 aliphatic rings. The Kier molecular flexibility index (Phi) is 11.9. The van der Waals surface area contributed by atoms with Crippen LogP contribution in [0, 0.1) is 0 Å². The summed E-state index contributed by atoms with van der Waals surface area (Å²) in [6.07, 6.45) is 5.59. The van der Waals surface area contributed by atoms with Gasteiger partial charge in [0.15, 0.2) is 11.8 Å². The van der Waals surface area contributed by atoms with E-state index in [1.165, 1.54) is 19.3 Å². The van der Waals surface area contributed by atoms with Gasteiger partial charge in [0.05, 0.1) is 0 Å². The van der Waals surface area contributed by atoms with E-state index in [2.05, 4.69) is 22.9 Å². The predicted molar refractivity (Wildman–Crippen MR) is 112 cm³/mol. The Morgan fingerprint density at radius 3 is 2.34 bits per heavy atom. The summed E-state index contributed by atoms with van der Waals surface area (Å²) >= 11 is 0. The average Bonchev–Trinajstić information content (AvgIpc) is 2.73. The number of esters is 1. The molecule has 7 nitrogen and oxygen atoms in total. The van der Waals surface area contributed by atoms with Gasteiger partial charge >= 0.3 is 5.97 Å². The van der Waals surface area contributed by atoms with Gasteiger partial charge in [-0.2, -0.15) is 0 Å². The van der Waals surface area contributed by atoms with E-state index in [1.54, 1.807) is 19.8 Å². The number of unbranched alkanes of at least 4 members (excludes halogenated alkanes) is 4. The van der Waals surface area contributed by atoms with Crippen molar-refractivity contribution in [3.05, 3.63) is 41.7 Å². The summed E-state index contributed by atoms with van der Waals surface area (Å²) in [7, 11) is 0. The maximum atomic E-state index is 12.3. The monoisotopic (exact) mass is 403 g/mol. The van der Waals surface area contributed by atoms with Gasteiger partial charge in [-0.3, -0.25) is 4.79 Å². The van der Waals surface area contributed by atoms with Gasteiger partial charge in [-0.1, -0.05) is 62.9 Å². The summed E-state index contributed by atoms with van der Waals surface area (Å²) in [6, 6.07) is 7.80. The highest BCUT2D eigenvalue weighted by atomic mass is 16.5. The van der Waals surface area contributed by atoms with Crippen LogP contribution in [0.5, 0.6) is 0 Å². The van der Waals surface area contributed by atoms with E-state index in [0.29, 0.717) is 6.54 Å². The predicted octanol–water partition coefficient (Wildman–Crippen LogP) is 2.45. The van der Waals surface area contributed by atoms with Gasteiger partial charge < -0.3 is 20.7 Å². The first-order valence-corrected chi connectivity index (χ1v) is 10.2. The zero-order chi connectivity index (χ0) is 21.5. The van der Waals surface area contributed by atoms with Crippen LogP contribution in [0.2, 0.25) is 0 Å². The summed E-state index contributed by atoms with van der Waals surface area (Å²) in [5.74, 6) is 0.985. The fourth-order valence-electron chi connectivity index (χ4n) is 2.59. The lowest BCUT2D eigenvalue weighted by Crippen LogP contribution is -2.49. The van der Waals surface area contributed by atoms with Crippen molar-refractivity contribution >= 4 is 17.8 Å². The molecule has 1 aromatic rings. The van der Waals surface area contributed by atoms with Crippen LogP contribution in [0.1, 0.15) is 58.4 Å². The molecule has 0 aliphatic carbocycles. The van der Waals surface area contributed by atoms with Gasteiger partial charge in [0.2, 0.25) is 5.91 Å². The van der Waals surface area contributed by atoms with Crippen molar-refractivity contribution in [2.24, 2.45) is 0 Å². The second-order valence-electron chi connectivity index (χ2n) is 7.01. The molecule has 0 radical (unpaired) electrons. The van der Waals surface area contributed by atoms with Crippen LogP contribution in [-0.4, -0.2) is 36.4 Å². The molecule has 0 fully saturated rings. The van der Waals surface area contributed by atoms with E-state index in [9.17, 15) is 14.4 Å². The van der Waals surface area contributed by atoms with E-state index in [4.69, 9.17) is 4.74 Å². The van der Waals surface area contributed by atoms with Crippen LogP contribution in [0.4, 0.5) is 0 Å². The number of benzene rings is 1. The molecule has 2 atom stereocenters. The third-order valence-corrected chi connectivity index (χ3v) is 4.37. The highest BCUT2D eigenvalue weighted by Gasteiger charge is 2.21. The standard InChI is InChI=1S/C22H33N3O4/c1-4-5-6-7-11-14-23-20(15-26)24-17(2)21(27)25-18(3)22(28)29-16-19-12-9-8-10-13-19/h8-10,12-13,17-18,23-24H,4-7,11,14,16H2,1-3H3,(H,25,27)/t17-,18-/m0/s1. The van der Waals surface area contributed by atoms with E-state index < -0.39 is 24.0 Å². The molecule has 1 aromatic carbocycles. The number of carbonyl (C=O) groups is 2. The third-order valence-electron chi connectivity index (χ3n) is 4.37. The maximum absolute atomic E-state index is 12.3. The fourth-order valence-corrected chi connectivity index (χ4v) is 2.59. The SMILES string of the molecule is CCCCCCCNC(=C=O)N[C@@H](C)C(=O)N[C@@H](C)C(=O)OCc1ccccc1. The smallest absolute Gasteiger partial charge is 0.328 e. The molecular formula is C22H33N3O4. The molecular weight excluding hydrogens is 370 g/mol. The van der Waals surface area contributed by atoms with E-state index in [1.807, 2.05) is 30.3 Å². The van der Waals surface area contributed by atoms with Crippen LogP contribution < -0.4 is 16.0 Å². The number of rotatable bonds is 14. The molecule has 3 N–H and O–H groups in total. The maximum Gasteiger partial charge on any atom is 0.328 e. The zero-order valence-electron chi connectivity index (χ0n) is 17.6. The normalized spacial score (nSPS) is 12.2. The van der Waals surface area contributed by atoms with E-state index >= 15 is 0 Å². The second kappa shape index (κ2) is 14.2. The van der Waals surface area contributed by atoms with Crippen molar-refractivity contribution < 1.29 is 19.1 Å². The molecule has 0 spiro atoms. The molecule has 0 bridgehead atoms. The molecule has 0 heterocycles. The van der Waals surface area contributed by atoms with Crippen LogP contribution in [0.15, 0.2) is 36.2 Å². The highest BCUT2D eigenvalue weighted by Crippen LogP contribution is 2.03. The summed E-state index contributed by atoms with van der Waals surface area (Å²) in [5.41, 5.74) is 0.871. The average molecular weight is 404 g/mol. The molecule has 1 rings (SSSR count). The zero-order valence-corrected chi connectivity index (χ0v) is 17.6. The first kappa shape index (κ1) is 24.2. The number of carbonyl (C=O) groups excluding carboxylic acids is 3. The molecule has 29 heavy (non-hydrogen) atoms. The molecule has 7 heteroatoms. The summed E-state index contributed by atoms with van der Waals surface area (Å²) in [4.78, 5) is 35.4. The molecule has 0 saturated carbocycles. The van der Waals surface area contributed by atoms with Gasteiger partial charge in [0.25, 0.3) is 0 Å². The Hall–Kier alpha value is -2.79. The van der Waals surface area contributed by atoms with Crippen LogP contribution >= 0.6 is 0 Å². The molecule has 0 aliphatic heterocycles. The Labute approximate surface area is 173 Å². The van der Waals surface area contributed by atoms with Gasteiger partial charge in [-0.15, -0.1) is 0 Å². The lowest BCUT2D eigenvalue weighted by molar-refractivity contribution is -0.148. The Morgan fingerprint density at radius 2 is 1.69 bits per heavy atom. The van der Waals surface area contributed by atoms with Crippen LogP contribution in [0.3, 0.4) is 0 Å². The first-order chi connectivity index (χ1) is 14.0. The van der Waals surface area contributed by atoms with Crippen molar-refractivity contribution in [1.82, 2.24) is 16.0 Å². The summed E-state index contributed by atoms with van der Waals surface area (Å²) in [6.45, 7) is 6.11. The van der Waals surface area contributed by atoms with Gasteiger partial charge in [-0.25, -0.2) is 9.59 Å². The minimum absolute atomic E-state index is 0.141. The Balaban J connectivity index is 2.33. The third kappa shape index (κ3) is 10.4. The molecule has 0 unspecified atom stereocenters. The van der Waals surface area contributed by atoms with Crippen LogP contribution in [-0.2, 0) is 25.7 Å². The van der Waals surface area contributed by atoms with E-state index in [-0.39, 0.29) is 12.4 Å². The number of amides is 1. The summed E-state index contributed by atoms with van der Waals surface area (Å²) in [5, 5.41) is 8.33. The van der Waals surface area contributed by atoms with Gasteiger partial charge in [-0.05, 0) is 25.8 Å². The minimum atomic E-state index is -0.800. The first-order valence-electron chi connectivity index (χ1n) is 10.2. The number of hydrogen-bond donors (Lipinski definition) is 3. The number of hydrogen-bond acceptors (Lipinski definition) is 6.